The van der Waals surface area contributed by atoms with Crippen LogP contribution in [0.25, 0.3) is 0 Å². The van der Waals surface area contributed by atoms with Crippen LogP contribution in [0.15, 0.2) is 0 Å². The van der Waals surface area contributed by atoms with E-state index in [0.717, 1.165) is 42.9 Å². The first kappa shape index (κ1) is 28.1. The first-order valence-corrected chi connectivity index (χ1v) is 14.5. The SMILES string of the molecule is C[C@@H]1[C@H]2[C@H]3CC[C@@H]4[C@]5(C)[C@@H](CC[C@@]4(C)[C@]3(C)CC[C@@]2(C)CC[C@H]1C)C(C)(C)CCC5(O)C(=O)O.[Pt]. The molecular weight excluding hydrogens is 615 g/mol. The molecule has 0 aromatic heterocycles. The van der Waals surface area contributed by atoms with E-state index in [1.54, 1.807) is 0 Å². The molecule has 5 rings (SSSR count). The van der Waals surface area contributed by atoms with Crippen LogP contribution < -0.4 is 0 Å². The molecule has 204 valence electrons. The number of carbonyl (C=O) groups is 1. The van der Waals surface area contributed by atoms with Crippen LogP contribution in [0.4, 0.5) is 0 Å². The van der Waals surface area contributed by atoms with E-state index in [1.807, 2.05) is 0 Å². The quantitative estimate of drug-likeness (QED) is 0.304. The predicted molar refractivity (Wildman–Crippen MR) is 137 cm³/mol. The van der Waals surface area contributed by atoms with Crippen molar-refractivity contribution < 1.29 is 36.1 Å². The van der Waals surface area contributed by atoms with Gasteiger partial charge in [0.2, 0.25) is 0 Å². The maximum atomic E-state index is 12.7. The maximum absolute atomic E-state index is 12.7. The zero-order valence-corrected chi connectivity index (χ0v) is 25.9. The van der Waals surface area contributed by atoms with Gasteiger partial charge in [-0.3, -0.25) is 0 Å². The molecule has 11 atom stereocenters. The second-order valence-corrected chi connectivity index (χ2v) is 15.7. The zero-order chi connectivity index (χ0) is 25.1. The van der Waals surface area contributed by atoms with Gasteiger partial charge in [-0.2, -0.15) is 0 Å². The van der Waals surface area contributed by atoms with E-state index in [1.165, 1.54) is 38.5 Å². The smallest absolute Gasteiger partial charge is 0.336 e. The topological polar surface area (TPSA) is 57.5 Å². The number of carboxylic acid groups (broad SMARTS) is 1. The number of carboxylic acids is 1. The normalized spacial score (nSPS) is 56.9. The average molecular weight is 668 g/mol. The van der Waals surface area contributed by atoms with Crippen molar-refractivity contribution in [2.45, 2.75) is 125 Å². The van der Waals surface area contributed by atoms with Crippen molar-refractivity contribution in [1.29, 1.82) is 0 Å². The van der Waals surface area contributed by atoms with Gasteiger partial charge in [0.05, 0.1) is 0 Å². The number of hydrogen-bond acceptors (Lipinski definition) is 2. The van der Waals surface area contributed by atoms with Gasteiger partial charge in [-0.05, 0) is 121 Å². The monoisotopic (exact) mass is 667 g/mol. The first-order chi connectivity index (χ1) is 15.6. The molecule has 0 spiro atoms. The van der Waals surface area contributed by atoms with Crippen molar-refractivity contribution in [1.82, 2.24) is 0 Å². The van der Waals surface area contributed by atoms with E-state index in [9.17, 15) is 15.0 Å². The number of fused-ring (bicyclic) bond motifs is 7. The minimum atomic E-state index is -1.61. The third kappa shape index (κ3) is 3.31. The molecule has 0 aliphatic heterocycles. The largest absolute Gasteiger partial charge is 0.479 e. The molecule has 0 heterocycles. The Hall–Kier alpha value is 0.118. The van der Waals surface area contributed by atoms with E-state index < -0.39 is 17.0 Å². The van der Waals surface area contributed by atoms with E-state index in [4.69, 9.17) is 0 Å². The van der Waals surface area contributed by atoms with Gasteiger partial charge in [-0.25, -0.2) is 4.79 Å². The summed E-state index contributed by atoms with van der Waals surface area (Å²) in [5.41, 5.74) is -1.34. The molecule has 5 saturated carbocycles. The van der Waals surface area contributed by atoms with Crippen molar-refractivity contribution in [3.8, 4) is 0 Å². The van der Waals surface area contributed by atoms with Gasteiger partial charge in [0.25, 0.3) is 0 Å². The van der Waals surface area contributed by atoms with Gasteiger partial charge in [0.1, 0.15) is 0 Å². The van der Waals surface area contributed by atoms with Gasteiger partial charge in [-0.1, -0.05) is 55.4 Å². The molecule has 35 heavy (non-hydrogen) atoms. The third-order valence-corrected chi connectivity index (χ3v) is 14.5. The van der Waals surface area contributed by atoms with E-state index in [2.05, 4.69) is 55.4 Å². The Balaban J connectivity index is 0.00000289. The molecule has 0 aromatic carbocycles. The van der Waals surface area contributed by atoms with Gasteiger partial charge in [0, 0.05) is 26.5 Å². The molecule has 0 aromatic rings. The molecule has 0 saturated heterocycles. The first-order valence-electron chi connectivity index (χ1n) is 14.5. The van der Waals surface area contributed by atoms with E-state index in [-0.39, 0.29) is 49.1 Å². The molecule has 3 nitrogen and oxygen atoms in total. The van der Waals surface area contributed by atoms with Gasteiger partial charge >= 0.3 is 5.97 Å². The summed E-state index contributed by atoms with van der Waals surface area (Å²) >= 11 is 0. The number of rotatable bonds is 1. The third-order valence-electron chi connectivity index (χ3n) is 14.5. The molecular formula is C31H52O3Pt. The Morgan fingerprint density at radius 2 is 1.40 bits per heavy atom. The van der Waals surface area contributed by atoms with Gasteiger partial charge < -0.3 is 10.2 Å². The Kier molecular flexibility index (Phi) is 6.68. The summed E-state index contributed by atoms with van der Waals surface area (Å²) in [6, 6.07) is 0. The molecule has 0 radical (unpaired) electrons. The fraction of sp³-hybridized carbons (Fsp3) is 0.968. The predicted octanol–water partition coefficient (Wildman–Crippen LogP) is 7.56. The van der Waals surface area contributed by atoms with Crippen LogP contribution in [-0.2, 0) is 25.9 Å². The Labute approximate surface area is 229 Å². The van der Waals surface area contributed by atoms with E-state index >= 15 is 0 Å². The standard InChI is InChI=1S/C31H52O3.Pt/c1-19-11-13-27(5)16-17-28(6)21(24(27)20(19)2)9-10-23-29(28,7)14-12-22-26(3,4)15-18-31(34,25(32)33)30(22,23)8;/h19-24,34H,9-18H2,1-8H3,(H,32,33);/t19-,20+,21-,22+,23+,24+,27-,28-,29-,30+,31?;/m1./s1. The summed E-state index contributed by atoms with van der Waals surface area (Å²) in [5.74, 6) is 2.62. The second-order valence-electron chi connectivity index (χ2n) is 15.7. The Bertz CT molecular complexity index is 871. The Morgan fingerprint density at radius 3 is 2.03 bits per heavy atom. The van der Waals surface area contributed by atoms with Crippen LogP contribution in [-0.4, -0.2) is 21.8 Å². The molecule has 4 heteroatoms. The number of hydrogen-bond donors (Lipinski definition) is 2. The summed E-state index contributed by atoms with van der Waals surface area (Å²) in [6.45, 7) is 19.6. The summed E-state index contributed by atoms with van der Waals surface area (Å²) in [7, 11) is 0. The summed E-state index contributed by atoms with van der Waals surface area (Å²) < 4.78 is 0. The molecule has 0 amide bonds. The molecule has 5 aliphatic carbocycles. The fourth-order valence-corrected chi connectivity index (χ4v) is 12.0. The minimum Gasteiger partial charge on any atom is -0.479 e. The molecule has 0 bridgehead atoms. The van der Waals surface area contributed by atoms with Crippen LogP contribution >= 0.6 is 0 Å². The van der Waals surface area contributed by atoms with Crippen LogP contribution in [0.5, 0.6) is 0 Å². The second kappa shape index (κ2) is 8.31. The number of aliphatic hydroxyl groups is 1. The minimum absolute atomic E-state index is 0. The van der Waals surface area contributed by atoms with Crippen molar-refractivity contribution >= 4 is 5.97 Å². The van der Waals surface area contributed by atoms with Crippen molar-refractivity contribution in [2.75, 3.05) is 0 Å². The molecule has 5 aliphatic rings. The van der Waals surface area contributed by atoms with Crippen LogP contribution in [0.2, 0.25) is 0 Å². The Morgan fingerprint density at radius 1 is 0.743 bits per heavy atom. The van der Waals surface area contributed by atoms with Gasteiger partial charge in [0.15, 0.2) is 5.60 Å². The van der Waals surface area contributed by atoms with Crippen molar-refractivity contribution in [3.05, 3.63) is 0 Å². The zero-order valence-electron chi connectivity index (χ0n) is 23.7. The summed E-state index contributed by atoms with van der Waals surface area (Å²) in [5, 5.41) is 22.4. The van der Waals surface area contributed by atoms with Crippen LogP contribution in [0, 0.1) is 62.6 Å². The number of aliphatic carboxylic acids is 1. The van der Waals surface area contributed by atoms with E-state index in [0.29, 0.717) is 11.8 Å². The molecule has 1 unspecified atom stereocenters. The average Bonchev–Trinajstić information content (AvgIpc) is 2.75. The van der Waals surface area contributed by atoms with Crippen molar-refractivity contribution in [2.24, 2.45) is 62.6 Å². The van der Waals surface area contributed by atoms with Gasteiger partial charge in [-0.15, -0.1) is 0 Å². The van der Waals surface area contributed by atoms with Crippen LogP contribution in [0.1, 0.15) is 120 Å². The summed E-state index contributed by atoms with van der Waals surface area (Å²) in [6.07, 6.45) is 11.1. The fourth-order valence-electron chi connectivity index (χ4n) is 12.0. The van der Waals surface area contributed by atoms with Crippen molar-refractivity contribution in [3.63, 3.8) is 0 Å². The van der Waals surface area contributed by atoms with Crippen LogP contribution in [0.3, 0.4) is 0 Å². The molecule has 2 N–H and O–H groups in total. The maximum Gasteiger partial charge on any atom is 0.336 e. The summed E-state index contributed by atoms with van der Waals surface area (Å²) in [4.78, 5) is 12.7. The molecule has 5 fully saturated rings.